The standard InChI is InChI=1S/C31H40N2O2/c1-22-19-26-27(31(4,5)16-15-30(26,2)3)21-23(22)20-25-13-14-28(35-25)29(34)32-17-10-18-33(6)24-11-8-7-9-12-24/h7-9,11-14,19,21H,10,15-18,20H2,1-6H3,(H,32,34). The number of hydrogen-bond donors (Lipinski definition) is 1. The number of carbonyl (C=O) groups excluding carboxylic acids is 1. The Bertz CT molecular complexity index is 1170. The molecule has 0 fully saturated rings. The van der Waals surface area contributed by atoms with Crippen LogP contribution in [-0.4, -0.2) is 26.0 Å². The summed E-state index contributed by atoms with van der Waals surface area (Å²) in [6.07, 6.45) is 3.97. The second kappa shape index (κ2) is 9.93. The number of rotatable bonds is 8. The first kappa shape index (κ1) is 25.1. The predicted molar refractivity (Wildman–Crippen MR) is 145 cm³/mol. The first-order chi connectivity index (χ1) is 16.6. The maximum absolute atomic E-state index is 12.6. The smallest absolute Gasteiger partial charge is 0.286 e. The summed E-state index contributed by atoms with van der Waals surface area (Å²) in [5, 5.41) is 3.00. The van der Waals surface area contributed by atoms with E-state index in [0.29, 0.717) is 18.7 Å². The lowest BCUT2D eigenvalue weighted by molar-refractivity contribution is 0.0924. The van der Waals surface area contributed by atoms with Crippen LogP contribution in [0.1, 0.15) is 85.5 Å². The predicted octanol–water partition coefficient (Wildman–Crippen LogP) is 6.78. The molecule has 0 spiro atoms. The lowest BCUT2D eigenvalue weighted by Gasteiger charge is -2.42. The summed E-state index contributed by atoms with van der Waals surface area (Å²) < 4.78 is 5.97. The number of carbonyl (C=O) groups is 1. The van der Waals surface area contributed by atoms with Crippen LogP contribution in [-0.2, 0) is 17.3 Å². The van der Waals surface area contributed by atoms with Crippen molar-refractivity contribution in [3.05, 3.63) is 88.4 Å². The van der Waals surface area contributed by atoms with Crippen LogP contribution in [0.4, 0.5) is 5.69 Å². The van der Waals surface area contributed by atoms with Gasteiger partial charge in [-0.25, -0.2) is 0 Å². The maximum Gasteiger partial charge on any atom is 0.286 e. The van der Waals surface area contributed by atoms with E-state index in [1.54, 1.807) is 6.07 Å². The largest absolute Gasteiger partial charge is 0.456 e. The number of nitrogens with zero attached hydrogens (tertiary/aromatic N) is 1. The number of hydrogen-bond acceptors (Lipinski definition) is 3. The SMILES string of the molecule is Cc1cc2c(cc1Cc1ccc(C(=O)NCCCN(C)c3ccccc3)o1)C(C)(C)CCC2(C)C. The van der Waals surface area contributed by atoms with Crippen molar-refractivity contribution < 1.29 is 9.21 Å². The molecule has 0 atom stereocenters. The Morgan fingerprint density at radius 2 is 1.63 bits per heavy atom. The quantitative estimate of drug-likeness (QED) is 0.367. The zero-order chi connectivity index (χ0) is 25.2. The molecule has 0 saturated heterocycles. The monoisotopic (exact) mass is 472 g/mol. The van der Waals surface area contributed by atoms with Crippen LogP contribution in [0.2, 0.25) is 0 Å². The Balaban J connectivity index is 1.36. The molecule has 35 heavy (non-hydrogen) atoms. The van der Waals surface area contributed by atoms with Gasteiger partial charge in [-0.1, -0.05) is 58.0 Å². The van der Waals surface area contributed by atoms with Crippen LogP contribution >= 0.6 is 0 Å². The maximum atomic E-state index is 12.6. The van der Waals surface area contributed by atoms with Crippen LogP contribution in [0.3, 0.4) is 0 Å². The van der Waals surface area contributed by atoms with Gasteiger partial charge in [-0.3, -0.25) is 4.79 Å². The van der Waals surface area contributed by atoms with Gasteiger partial charge in [0.1, 0.15) is 5.76 Å². The highest BCUT2D eigenvalue weighted by Crippen LogP contribution is 2.46. The first-order valence-electron chi connectivity index (χ1n) is 12.8. The van der Waals surface area contributed by atoms with Crippen molar-refractivity contribution in [2.24, 2.45) is 0 Å². The molecule has 1 aliphatic carbocycles. The van der Waals surface area contributed by atoms with Gasteiger partial charge in [0.15, 0.2) is 5.76 Å². The van der Waals surface area contributed by atoms with Gasteiger partial charge in [0.25, 0.3) is 5.91 Å². The summed E-state index contributed by atoms with van der Waals surface area (Å²) in [5.41, 5.74) is 7.07. The lowest BCUT2D eigenvalue weighted by Crippen LogP contribution is -2.34. The zero-order valence-corrected chi connectivity index (χ0v) is 22.2. The van der Waals surface area contributed by atoms with Crippen molar-refractivity contribution in [3.63, 3.8) is 0 Å². The van der Waals surface area contributed by atoms with Crippen LogP contribution in [0.15, 0.2) is 59.0 Å². The summed E-state index contributed by atoms with van der Waals surface area (Å²) in [6.45, 7) is 13.1. The molecule has 1 amide bonds. The summed E-state index contributed by atoms with van der Waals surface area (Å²) in [5.74, 6) is 1.06. The Hall–Kier alpha value is -3.01. The molecular formula is C31H40N2O2. The van der Waals surface area contributed by atoms with E-state index in [2.05, 4.69) is 76.1 Å². The number of anilines is 1. The molecule has 0 saturated carbocycles. The minimum absolute atomic E-state index is 0.149. The molecule has 0 aliphatic heterocycles. The number of para-hydroxylation sites is 1. The van der Waals surface area contributed by atoms with Crippen LogP contribution < -0.4 is 10.2 Å². The second-order valence-corrected chi connectivity index (χ2v) is 11.4. The fourth-order valence-electron chi connectivity index (χ4n) is 5.16. The van der Waals surface area contributed by atoms with Gasteiger partial charge < -0.3 is 14.6 Å². The van der Waals surface area contributed by atoms with Gasteiger partial charge in [-0.05, 0) is 83.5 Å². The summed E-state index contributed by atoms with van der Waals surface area (Å²) in [4.78, 5) is 14.8. The highest BCUT2D eigenvalue weighted by Gasteiger charge is 2.37. The van der Waals surface area contributed by atoms with Gasteiger partial charge in [-0.2, -0.15) is 0 Å². The number of benzene rings is 2. The Kier molecular flexibility index (Phi) is 7.12. The minimum Gasteiger partial charge on any atom is -0.456 e. The molecule has 4 rings (SSSR count). The van der Waals surface area contributed by atoms with Crippen molar-refractivity contribution in [2.75, 3.05) is 25.0 Å². The highest BCUT2D eigenvalue weighted by atomic mass is 16.3. The fraction of sp³-hybridized carbons (Fsp3) is 0.452. The molecule has 0 radical (unpaired) electrons. The Labute approximate surface area is 210 Å². The van der Waals surface area contributed by atoms with Crippen LogP contribution in [0, 0.1) is 6.92 Å². The molecule has 4 heteroatoms. The van der Waals surface area contributed by atoms with Crippen molar-refractivity contribution in [1.29, 1.82) is 0 Å². The van der Waals surface area contributed by atoms with Crippen molar-refractivity contribution >= 4 is 11.6 Å². The highest BCUT2D eigenvalue weighted by molar-refractivity contribution is 5.91. The third-order valence-electron chi connectivity index (χ3n) is 7.71. The lowest BCUT2D eigenvalue weighted by atomic mass is 9.62. The van der Waals surface area contributed by atoms with Crippen LogP contribution in [0.5, 0.6) is 0 Å². The van der Waals surface area contributed by atoms with Gasteiger partial charge in [0, 0.05) is 32.2 Å². The van der Waals surface area contributed by atoms with E-state index in [1.807, 2.05) is 24.3 Å². The molecular weight excluding hydrogens is 432 g/mol. The number of furan rings is 1. The average Bonchev–Trinajstić information content (AvgIpc) is 3.30. The normalized spacial score (nSPS) is 15.9. The molecule has 1 aliphatic rings. The Morgan fingerprint density at radius 1 is 0.971 bits per heavy atom. The van der Waals surface area contributed by atoms with E-state index < -0.39 is 0 Å². The first-order valence-corrected chi connectivity index (χ1v) is 12.8. The van der Waals surface area contributed by atoms with Gasteiger partial charge in [-0.15, -0.1) is 0 Å². The van der Waals surface area contributed by atoms with E-state index >= 15 is 0 Å². The van der Waals surface area contributed by atoms with E-state index in [0.717, 1.165) is 18.7 Å². The van der Waals surface area contributed by atoms with E-state index in [1.165, 1.54) is 40.8 Å². The van der Waals surface area contributed by atoms with E-state index in [4.69, 9.17) is 4.42 Å². The third-order valence-corrected chi connectivity index (χ3v) is 7.71. The van der Waals surface area contributed by atoms with Gasteiger partial charge in [0.2, 0.25) is 0 Å². The molecule has 1 heterocycles. The topological polar surface area (TPSA) is 45.5 Å². The molecule has 4 nitrogen and oxygen atoms in total. The number of aryl methyl sites for hydroxylation is 1. The number of nitrogens with one attached hydrogen (secondary N) is 1. The van der Waals surface area contributed by atoms with Crippen molar-refractivity contribution in [2.45, 2.75) is 71.1 Å². The fourth-order valence-corrected chi connectivity index (χ4v) is 5.16. The summed E-state index contributed by atoms with van der Waals surface area (Å²) in [6, 6.07) is 18.8. The second-order valence-electron chi connectivity index (χ2n) is 11.4. The summed E-state index contributed by atoms with van der Waals surface area (Å²) >= 11 is 0. The molecule has 0 bridgehead atoms. The number of fused-ring (bicyclic) bond motifs is 1. The molecule has 1 aromatic heterocycles. The van der Waals surface area contributed by atoms with Gasteiger partial charge >= 0.3 is 0 Å². The molecule has 0 unspecified atom stereocenters. The van der Waals surface area contributed by atoms with Gasteiger partial charge in [0.05, 0.1) is 0 Å². The number of amides is 1. The minimum atomic E-state index is -0.149. The molecule has 1 N–H and O–H groups in total. The van der Waals surface area contributed by atoms with E-state index in [-0.39, 0.29) is 16.7 Å². The third kappa shape index (κ3) is 5.63. The van der Waals surface area contributed by atoms with Crippen LogP contribution in [0.25, 0.3) is 0 Å². The van der Waals surface area contributed by atoms with Crippen molar-refractivity contribution in [1.82, 2.24) is 5.32 Å². The van der Waals surface area contributed by atoms with E-state index in [9.17, 15) is 4.79 Å². The average molecular weight is 473 g/mol. The molecule has 186 valence electrons. The zero-order valence-electron chi connectivity index (χ0n) is 22.2. The molecule has 2 aromatic carbocycles. The summed E-state index contributed by atoms with van der Waals surface area (Å²) in [7, 11) is 2.07. The van der Waals surface area contributed by atoms with Crippen molar-refractivity contribution in [3.8, 4) is 0 Å². The molecule has 3 aromatic rings. The Morgan fingerprint density at radius 3 is 2.31 bits per heavy atom.